The highest BCUT2D eigenvalue weighted by molar-refractivity contribution is 5.77. The largest absolute Gasteiger partial charge is 0.383 e. The highest BCUT2D eigenvalue weighted by Crippen LogP contribution is 2.14. The van der Waals surface area contributed by atoms with Crippen molar-refractivity contribution in [3.63, 3.8) is 0 Å². The fourth-order valence-corrected chi connectivity index (χ4v) is 2.76. The number of benzene rings is 1. The van der Waals surface area contributed by atoms with Crippen molar-refractivity contribution in [3.05, 3.63) is 40.4 Å². The molecule has 0 spiro atoms. The average molecular weight is 318 g/mol. The first kappa shape index (κ1) is 17.6. The van der Waals surface area contributed by atoms with Crippen LogP contribution in [0.3, 0.4) is 0 Å². The van der Waals surface area contributed by atoms with E-state index in [0.717, 1.165) is 24.3 Å². The van der Waals surface area contributed by atoms with E-state index < -0.39 is 0 Å². The number of para-hydroxylation sites is 1. The SMILES string of the molecule is CC[C@H]([NH2+]CC(C)C)c1nc2ccccc2c(=O)n1CCOC. The number of ether oxygens (including phenoxy) is 1. The van der Waals surface area contributed by atoms with Gasteiger partial charge in [-0.15, -0.1) is 0 Å². The third-order valence-corrected chi connectivity index (χ3v) is 4.07. The summed E-state index contributed by atoms with van der Waals surface area (Å²) in [5.41, 5.74) is 0.802. The van der Waals surface area contributed by atoms with Crippen LogP contribution in [-0.4, -0.2) is 29.8 Å². The number of hydrogen-bond acceptors (Lipinski definition) is 3. The van der Waals surface area contributed by atoms with Crippen molar-refractivity contribution in [3.8, 4) is 0 Å². The molecule has 1 atom stereocenters. The zero-order valence-corrected chi connectivity index (χ0v) is 14.6. The maximum absolute atomic E-state index is 12.9. The lowest BCUT2D eigenvalue weighted by atomic mass is 10.1. The van der Waals surface area contributed by atoms with Gasteiger partial charge in [0.05, 0.1) is 30.6 Å². The minimum Gasteiger partial charge on any atom is -0.383 e. The van der Waals surface area contributed by atoms with E-state index in [1.807, 2.05) is 24.3 Å². The summed E-state index contributed by atoms with van der Waals surface area (Å²) < 4.78 is 6.97. The molecular formula is C18H28N3O2+. The van der Waals surface area contributed by atoms with E-state index in [-0.39, 0.29) is 11.6 Å². The maximum Gasteiger partial charge on any atom is 0.261 e. The summed E-state index contributed by atoms with van der Waals surface area (Å²) >= 11 is 0. The minimum atomic E-state index is 0.0269. The van der Waals surface area contributed by atoms with Crippen molar-refractivity contribution in [2.45, 2.75) is 39.8 Å². The van der Waals surface area contributed by atoms with Crippen LogP contribution in [0.15, 0.2) is 29.1 Å². The topological polar surface area (TPSA) is 60.7 Å². The molecule has 2 N–H and O–H groups in total. The van der Waals surface area contributed by atoms with Crippen molar-refractivity contribution in [2.24, 2.45) is 5.92 Å². The van der Waals surface area contributed by atoms with Crippen molar-refractivity contribution in [2.75, 3.05) is 20.3 Å². The normalized spacial score (nSPS) is 12.9. The number of rotatable bonds is 8. The summed E-state index contributed by atoms with van der Waals surface area (Å²) in [5, 5.41) is 2.97. The van der Waals surface area contributed by atoms with Gasteiger partial charge in [0.25, 0.3) is 5.56 Å². The molecule has 5 heteroatoms. The predicted molar refractivity (Wildman–Crippen MR) is 92.5 cm³/mol. The molecule has 0 saturated heterocycles. The molecule has 5 nitrogen and oxygen atoms in total. The van der Waals surface area contributed by atoms with Gasteiger partial charge in [0.15, 0.2) is 5.82 Å². The van der Waals surface area contributed by atoms with Gasteiger partial charge in [-0.1, -0.05) is 32.9 Å². The minimum absolute atomic E-state index is 0.0269. The van der Waals surface area contributed by atoms with E-state index in [1.54, 1.807) is 11.7 Å². The fraction of sp³-hybridized carbons (Fsp3) is 0.556. The molecule has 0 radical (unpaired) electrons. The number of quaternary nitrogens is 1. The maximum atomic E-state index is 12.9. The van der Waals surface area contributed by atoms with Crippen molar-refractivity contribution in [1.82, 2.24) is 9.55 Å². The van der Waals surface area contributed by atoms with Crippen molar-refractivity contribution < 1.29 is 10.1 Å². The van der Waals surface area contributed by atoms with Crippen LogP contribution >= 0.6 is 0 Å². The highest BCUT2D eigenvalue weighted by Gasteiger charge is 2.21. The predicted octanol–water partition coefficient (Wildman–Crippen LogP) is 1.71. The lowest BCUT2D eigenvalue weighted by Gasteiger charge is -2.20. The standard InChI is InChI=1S/C18H27N3O2/c1-5-15(19-12-13(2)3)17-20-16-9-7-6-8-14(16)18(22)21(17)10-11-23-4/h6-9,13,15,19H,5,10-12H2,1-4H3/p+1/t15-/m0/s1. The van der Waals surface area contributed by atoms with Crippen molar-refractivity contribution >= 4 is 10.9 Å². The summed E-state index contributed by atoms with van der Waals surface area (Å²) in [6, 6.07) is 7.75. The third kappa shape index (κ3) is 4.18. The zero-order valence-electron chi connectivity index (χ0n) is 14.6. The van der Waals surface area contributed by atoms with Gasteiger partial charge < -0.3 is 10.1 Å². The van der Waals surface area contributed by atoms with E-state index in [2.05, 4.69) is 26.1 Å². The molecule has 1 heterocycles. The molecule has 0 saturated carbocycles. The molecule has 23 heavy (non-hydrogen) atoms. The summed E-state index contributed by atoms with van der Waals surface area (Å²) in [6.07, 6.45) is 0.935. The summed E-state index contributed by atoms with van der Waals surface area (Å²) in [6.45, 7) is 8.61. The van der Waals surface area contributed by atoms with E-state index >= 15 is 0 Å². The molecule has 2 aromatic rings. The molecule has 0 aliphatic heterocycles. The van der Waals surface area contributed by atoms with Gasteiger partial charge in [0, 0.05) is 19.4 Å². The highest BCUT2D eigenvalue weighted by atomic mass is 16.5. The van der Waals surface area contributed by atoms with Crippen LogP contribution in [0.25, 0.3) is 10.9 Å². The van der Waals surface area contributed by atoms with Crippen LogP contribution in [0, 0.1) is 5.92 Å². The molecule has 0 aliphatic carbocycles. The Morgan fingerprint density at radius 1 is 1.30 bits per heavy atom. The Balaban J connectivity index is 2.51. The molecule has 0 bridgehead atoms. The van der Waals surface area contributed by atoms with E-state index in [4.69, 9.17) is 9.72 Å². The first-order chi connectivity index (χ1) is 11.1. The number of nitrogens with two attached hydrogens (primary N) is 1. The Morgan fingerprint density at radius 2 is 2.04 bits per heavy atom. The number of nitrogens with zero attached hydrogens (tertiary/aromatic N) is 2. The van der Waals surface area contributed by atoms with Crippen LogP contribution in [0.5, 0.6) is 0 Å². The van der Waals surface area contributed by atoms with Crippen LogP contribution in [-0.2, 0) is 11.3 Å². The van der Waals surface area contributed by atoms with Crippen LogP contribution in [0.2, 0.25) is 0 Å². The molecule has 0 fully saturated rings. The lowest BCUT2D eigenvalue weighted by Crippen LogP contribution is -2.86. The summed E-state index contributed by atoms with van der Waals surface area (Å²) in [4.78, 5) is 17.7. The Bertz CT molecular complexity index is 694. The molecule has 0 aliphatic rings. The zero-order chi connectivity index (χ0) is 16.8. The first-order valence-corrected chi connectivity index (χ1v) is 8.40. The smallest absolute Gasteiger partial charge is 0.261 e. The molecule has 0 amide bonds. The fourth-order valence-electron chi connectivity index (χ4n) is 2.76. The number of fused-ring (bicyclic) bond motifs is 1. The van der Waals surface area contributed by atoms with E-state index in [1.165, 1.54) is 0 Å². The number of methoxy groups -OCH3 is 1. The number of hydrogen-bond donors (Lipinski definition) is 1. The second-order valence-electron chi connectivity index (χ2n) is 6.32. The molecule has 0 unspecified atom stereocenters. The first-order valence-electron chi connectivity index (χ1n) is 8.40. The second kappa shape index (κ2) is 8.22. The van der Waals surface area contributed by atoms with Crippen LogP contribution < -0.4 is 10.9 Å². The molecule has 2 rings (SSSR count). The molecule has 1 aromatic carbocycles. The third-order valence-electron chi connectivity index (χ3n) is 4.07. The quantitative estimate of drug-likeness (QED) is 0.806. The Morgan fingerprint density at radius 3 is 2.70 bits per heavy atom. The molecule has 126 valence electrons. The average Bonchev–Trinajstić information content (AvgIpc) is 2.55. The van der Waals surface area contributed by atoms with E-state index in [9.17, 15) is 4.79 Å². The van der Waals surface area contributed by atoms with Gasteiger partial charge in [0.2, 0.25) is 0 Å². The van der Waals surface area contributed by atoms with Gasteiger partial charge in [-0.2, -0.15) is 0 Å². The summed E-state index contributed by atoms with van der Waals surface area (Å²) in [7, 11) is 1.65. The molecular weight excluding hydrogens is 290 g/mol. The van der Waals surface area contributed by atoms with Gasteiger partial charge in [-0.3, -0.25) is 9.36 Å². The second-order valence-corrected chi connectivity index (χ2v) is 6.32. The van der Waals surface area contributed by atoms with Crippen LogP contribution in [0.1, 0.15) is 39.1 Å². The van der Waals surface area contributed by atoms with Gasteiger partial charge in [-0.05, 0) is 12.1 Å². The van der Waals surface area contributed by atoms with Gasteiger partial charge >= 0.3 is 0 Å². The molecule has 1 aromatic heterocycles. The summed E-state index contributed by atoms with van der Waals surface area (Å²) in [5.74, 6) is 1.46. The lowest BCUT2D eigenvalue weighted by molar-refractivity contribution is -0.702. The monoisotopic (exact) mass is 318 g/mol. The Kier molecular flexibility index (Phi) is 6.30. The number of aromatic nitrogens is 2. The van der Waals surface area contributed by atoms with Crippen LogP contribution in [0.4, 0.5) is 0 Å². The Hall–Kier alpha value is -1.72. The van der Waals surface area contributed by atoms with Crippen molar-refractivity contribution in [1.29, 1.82) is 0 Å². The Labute approximate surface area is 137 Å². The van der Waals surface area contributed by atoms with E-state index in [0.29, 0.717) is 24.5 Å². The van der Waals surface area contributed by atoms with Gasteiger partial charge in [-0.25, -0.2) is 4.98 Å². The van der Waals surface area contributed by atoms with Gasteiger partial charge in [0.1, 0.15) is 6.04 Å².